The molecular weight excluding hydrogens is 304 g/mol. The van der Waals surface area contributed by atoms with E-state index in [4.69, 9.17) is 0 Å². The topological polar surface area (TPSA) is 34.0 Å². The van der Waals surface area contributed by atoms with Crippen molar-refractivity contribution in [3.63, 3.8) is 0 Å². The Labute approximate surface area is 122 Å². The first-order valence-electron chi connectivity index (χ1n) is 6.25. The molecule has 19 heavy (non-hydrogen) atoms. The summed E-state index contributed by atoms with van der Waals surface area (Å²) in [6, 6.07) is 6.12. The average molecular weight is 323 g/mol. The van der Waals surface area contributed by atoms with Gasteiger partial charge in [-0.1, -0.05) is 22.0 Å². The molecule has 2 aromatic heterocycles. The number of aryl methyl sites for hydroxylation is 3. The third-order valence-corrected chi connectivity index (χ3v) is 3.71. The van der Waals surface area contributed by atoms with Crippen LogP contribution in [0.4, 0.5) is 5.82 Å². The zero-order chi connectivity index (χ0) is 14.0. The summed E-state index contributed by atoms with van der Waals surface area (Å²) in [5.41, 5.74) is 4.42. The van der Waals surface area contributed by atoms with Crippen LogP contribution in [0.1, 0.15) is 22.6 Å². The minimum atomic E-state index is 0.778. The Bertz CT molecular complexity index is 577. The van der Waals surface area contributed by atoms with Gasteiger partial charge in [-0.2, -0.15) is 5.10 Å². The number of nitrogens with zero attached hydrogens (tertiary/aromatic N) is 4. The van der Waals surface area contributed by atoms with Crippen molar-refractivity contribution in [3.8, 4) is 0 Å². The summed E-state index contributed by atoms with van der Waals surface area (Å²) in [6.45, 7) is 4.83. The van der Waals surface area contributed by atoms with Crippen molar-refractivity contribution in [1.29, 1.82) is 0 Å². The summed E-state index contributed by atoms with van der Waals surface area (Å²) in [7, 11) is 4.06. The predicted octanol–water partition coefficient (Wildman–Crippen LogP) is 2.96. The van der Waals surface area contributed by atoms with Gasteiger partial charge in [-0.25, -0.2) is 0 Å². The summed E-state index contributed by atoms with van der Waals surface area (Å²) >= 11 is 3.54. The molecule has 0 unspecified atom stereocenters. The van der Waals surface area contributed by atoms with Crippen molar-refractivity contribution in [2.75, 3.05) is 11.9 Å². The van der Waals surface area contributed by atoms with Crippen LogP contribution < -0.4 is 4.90 Å². The fraction of sp³-hybridized carbons (Fsp3) is 0.429. The van der Waals surface area contributed by atoms with Crippen LogP contribution in [0.5, 0.6) is 0 Å². The lowest BCUT2D eigenvalue weighted by atomic mass is 10.2. The van der Waals surface area contributed by atoms with E-state index in [0.29, 0.717) is 0 Å². The molecule has 0 fully saturated rings. The molecule has 5 heteroatoms. The van der Waals surface area contributed by atoms with Crippen LogP contribution in [0.25, 0.3) is 0 Å². The highest BCUT2D eigenvalue weighted by molar-refractivity contribution is 9.08. The maximum absolute atomic E-state index is 4.55. The molecule has 0 aliphatic carbocycles. The van der Waals surface area contributed by atoms with Crippen LogP contribution in [-0.4, -0.2) is 21.8 Å². The smallest absolute Gasteiger partial charge is 0.130 e. The molecule has 0 N–H and O–H groups in total. The van der Waals surface area contributed by atoms with E-state index in [-0.39, 0.29) is 0 Å². The second kappa shape index (κ2) is 5.74. The largest absolute Gasteiger partial charge is 0.354 e. The average Bonchev–Trinajstić information content (AvgIpc) is 2.63. The zero-order valence-corrected chi connectivity index (χ0v) is 13.4. The second-order valence-electron chi connectivity index (χ2n) is 4.77. The molecule has 102 valence electrons. The number of pyridine rings is 1. The minimum absolute atomic E-state index is 0.778. The van der Waals surface area contributed by atoms with Crippen molar-refractivity contribution in [1.82, 2.24) is 14.8 Å². The summed E-state index contributed by atoms with van der Waals surface area (Å²) < 4.78 is 1.93. The molecule has 0 radical (unpaired) electrons. The lowest BCUT2D eigenvalue weighted by Gasteiger charge is -2.20. The standard InChI is InChI=1S/C14H19BrN4/c1-10-6-5-7-12(16-10)9-18(3)14-13(8-15)11(2)17-19(14)4/h5-7H,8-9H2,1-4H3. The highest BCUT2D eigenvalue weighted by Gasteiger charge is 2.16. The van der Waals surface area contributed by atoms with Gasteiger partial charge in [-0.05, 0) is 26.0 Å². The Morgan fingerprint density at radius 2 is 2.05 bits per heavy atom. The van der Waals surface area contributed by atoms with Gasteiger partial charge in [0, 0.05) is 30.7 Å². The van der Waals surface area contributed by atoms with Gasteiger partial charge in [0.1, 0.15) is 5.82 Å². The third-order valence-electron chi connectivity index (χ3n) is 3.15. The Kier molecular flexibility index (Phi) is 4.24. The first kappa shape index (κ1) is 14.1. The zero-order valence-electron chi connectivity index (χ0n) is 11.8. The molecule has 0 aliphatic heterocycles. The Balaban J connectivity index is 2.27. The van der Waals surface area contributed by atoms with Crippen LogP contribution in [0.3, 0.4) is 0 Å². The number of halogens is 1. The van der Waals surface area contributed by atoms with Gasteiger partial charge < -0.3 is 4.90 Å². The number of hydrogen-bond donors (Lipinski definition) is 0. The van der Waals surface area contributed by atoms with Gasteiger partial charge in [-0.3, -0.25) is 9.67 Å². The fourth-order valence-corrected chi connectivity index (χ4v) is 2.99. The van der Waals surface area contributed by atoms with Crippen molar-refractivity contribution in [2.45, 2.75) is 25.7 Å². The van der Waals surface area contributed by atoms with Gasteiger partial charge in [0.05, 0.1) is 17.9 Å². The first-order valence-corrected chi connectivity index (χ1v) is 7.37. The summed E-state index contributed by atoms with van der Waals surface area (Å²) in [5, 5.41) is 5.30. The van der Waals surface area contributed by atoms with E-state index in [0.717, 1.165) is 34.8 Å². The normalized spacial score (nSPS) is 10.8. The molecular formula is C14H19BrN4. The van der Waals surface area contributed by atoms with E-state index in [9.17, 15) is 0 Å². The summed E-state index contributed by atoms with van der Waals surface area (Å²) in [4.78, 5) is 6.74. The van der Waals surface area contributed by atoms with Crippen LogP contribution in [-0.2, 0) is 18.9 Å². The van der Waals surface area contributed by atoms with E-state index in [1.54, 1.807) is 0 Å². The number of aromatic nitrogens is 3. The lowest BCUT2D eigenvalue weighted by Crippen LogP contribution is -2.21. The van der Waals surface area contributed by atoms with Crippen molar-refractivity contribution in [3.05, 3.63) is 40.8 Å². The Morgan fingerprint density at radius 3 is 2.68 bits per heavy atom. The summed E-state index contributed by atoms with van der Waals surface area (Å²) in [5.74, 6) is 1.14. The van der Waals surface area contributed by atoms with E-state index >= 15 is 0 Å². The quantitative estimate of drug-likeness (QED) is 0.811. The Morgan fingerprint density at radius 1 is 1.32 bits per heavy atom. The van der Waals surface area contributed by atoms with E-state index in [1.165, 1.54) is 5.56 Å². The number of anilines is 1. The van der Waals surface area contributed by atoms with Crippen LogP contribution in [0.15, 0.2) is 18.2 Å². The molecule has 0 aromatic carbocycles. The molecule has 0 spiro atoms. The molecule has 0 saturated carbocycles. The van der Waals surface area contributed by atoms with Crippen LogP contribution in [0, 0.1) is 13.8 Å². The van der Waals surface area contributed by atoms with E-state index in [1.807, 2.05) is 37.7 Å². The van der Waals surface area contributed by atoms with Gasteiger partial charge in [-0.15, -0.1) is 0 Å². The maximum Gasteiger partial charge on any atom is 0.130 e. The Hall–Kier alpha value is -1.36. The molecule has 0 saturated heterocycles. The second-order valence-corrected chi connectivity index (χ2v) is 5.33. The highest BCUT2D eigenvalue weighted by Crippen LogP contribution is 2.25. The highest BCUT2D eigenvalue weighted by atomic mass is 79.9. The monoisotopic (exact) mass is 322 g/mol. The molecule has 2 aromatic rings. The minimum Gasteiger partial charge on any atom is -0.354 e. The lowest BCUT2D eigenvalue weighted by molar-refractivity contribution is 0.722. The molecule has 2 rings (SSSR count). The molecule has 0 bridgehead atoms. The van der Waals surface area contributed by atoms with Gasteiger partial charge in [0.15, 0.2) is 0 Å². The fourth-order valence-electron chi connectivity index (χ4n) is 2.33. The SMILES string of the molecule is Cc1cccc(CN(C)c2c(CBr)c(C)nn2C)n1. The van der Waals surface area contributed by atoms with Crippen LogP contribution in [0.2, 0.25) is 0 Å². The molecule has 0 aliphatic rings. The summed E-state index contributed by atoms with van der Waals surface area (Å²) in [6.07, 6.45) is 0. The van der Waals surface area contributed by atoms with Crippen molar-refractivity contribution < 1.29 is 0 Å². The maximum atomic E-state index is 4.55. The number of alkyl halides is 1. The van der Waals surface area contributed by atoms with E-state index in [2.05, 4.69) is 44.0 Å². The molecule has 2 heterocycles. The van der Waals surface area contributed by atoms with Crippen molar-refractivity contribution in [2.24, 2.45) is 7.05 Å². The van der Waals surface area contributed by atoms with E-state index < -0.39 is 0 Å². The predicted molar refractivity (Wildman–Crippen MR) is 81.7 cm³/mol. The first-order chi connectivity index (χ1) is 9.02. The number of hydrogen-bond acceptors (Lipinski definition) is 3. The van der Waals surface area contributed by atoms with Gasteiger partial charge in [0.25, 0.3) is 0 Å². The van der Waals surface area contributed by atoms with Gasteiger partial charge in [0.2, 0.25) is 0 Å². The molecule has 4 nitrogen and oxygen atoms in total. The van der Waals surface area contributed by atoms with Crippen LogP contribution >= 0.6 is 15.9 Å². The molecule has 0 amide bonds. The molecule has 0 atom stereocenters. The third kappa shape index (κ3) is 2.97. The van der Waals surface area contributed by atoms with Gasteiger partial charge >= 0.3 is 0 Å². The number of rotatable bonds is 4. The van der Waals surface area contributed by atoms with Crippen molar-refractivity contribution >= 4 is 21.7 Å².